The Morgan fingerprint density at radius 3 is 2.39 bits per heavy atom. The molecule has 1 atom stereocenters. The second-order valence-corrected chi connectivity index (χ2v) is 10.2. The minimum absolute atomic E-state index is 0.149. The van der Waals surface area contributed by atoms with Gasteiger partial charge < -0.3 is 9.72 Å². The molecule has 0 aromatic heterocycles. The first kappa shape index (κ1) is 14.9. The first-order valence-electron chi connectivity index (χ1n) is 6.40. The van der Waals surface area contributed by atoms with Crippen molar-refractivity contribution in [3.05, 3.63) is 35.9 Å². The zero-order chi connectivity index (χ0) is 13.6. The van der Waals surface area contributed by atoms with Crippen molar-refractivity contribution >= 4 is 14.2 Å². The van der Waals surface area contributed by atoms with E-state index in [0.717, 1.165) is 5.56 Å². The third-order valence-corrected chi connectivity index (χ3v) is 3.68. The molecule has 0 bridgehead atoms. The van der Waals surface area contributed by atoms with E-state index >= 15 is 0 Å². The van der Waals surface area contributed by atoms with Gasteiger partial charge in [-0.3, -0.25) is 4.79 Å². The maximum atomic E-state index is 12.0. The van der Waals surface area contributed by atoms with E-state index in [-0.39, 0.29) is 12.0 Å². The van der Waals surface area contributed by atoms with Crippen LogP contribution in [0.4, 0.5) is 0 Å². The number of carbonyl (C=O) groups excluding carboxylic acids is 1. The summed E-state index contributed by atoms with van der Waals surface area (Å²) in [7, 11) is -1.52. The molecule has 0 radical (unpaired) electrons. The fourth-order valence-corrected chi connectivity index (χ4v) is 3.07. The summed E-state index contributed by atoms with van der Waals surface area (Å²) in [4.78, 5) is 15.4. The average Bonchev–Trinajstić information content (AvgIpc) is 2.28. The van der Waals surface area contributed by atoms with Gasteiger partial charge in [-0.05, 0) is 18.9 Å². The fourth-order valence-electron chi connectivity index (χ4n) is 1.81. The molecule has 0 fully saturated rings. The van der Waals surface area contributed by atoms with Crippen LogP contribution in [0.1, 0.15) is 12.5 Å². The van der Waals surface area contributed by atoms with E-state index in [2.05, 4.69) is 24.6 Å². The van der Waals surface area contributed by atoms with Gasteiger partial charge in [0.25, 0.3) is 0 Å². The monoisotopic (exact) mass is 265 g/mol. The van der Waals surface area contributed by atoms with Crippen LogP contribution in [0.2, 0.25) is 19.6 Å². The molecular weight excluding hydrogens is 242 g/mol. The van der Waals surface area contributed by atoms with Crippen LogP contribution >= 0.6 is 0 Å². The molecule has 0 heterocycles. The lowest BCUT2D eigenvalue weighted by Gasteiger charge is -2.25. The van der Waals surface area contributed by atoms with Gasteiger partial charge in [0.1, 0.15) is 14.3 Å². The number of carbonyl (C=O) groups is 1. The summed E-state index contributed by atoms with van der Waals surface area (Å²) >= 11 is 0. The molecule has 0 saturated carbocycles. The van der Waals surface area contributed by atoms with Crippen molar-refractivity contribution in [2.24, 2.45) is 0 Å². The van der Waals surface area contributed by atoms with E-state index in [0.29, 0.717) is 13.0 Å². The molecule has 0 spiro atoms. The average molecular weight is 265 g/mol. The van der Waals surface area contributed by atoms with Crippen LogP contribution in [-0.2, 0) is 16.0 Å². The summed E-state index contributed by atoms with van der Waals surface area (Å²) < 4.78 is 5.14. The Kier molecular flexibility index (Phi) is 5.56. The second-order valence-electron chi connectivity index (χ2n) is 5.39. The van der Waals surface area contributed by atoms with Gasteiger partial charge >= 0.3 is 5.97 Å². The topological polar surface area (TPSA) is 38.3 Å². The van der Waals surface area contributed by atoms with Gasteiger partial charge in [-0.1, -0.05) is 50.0 Å². The smallest absolute Gasteiger partial charge is 0.322 e. The molecule has 18 heavy (non-hydrogen) atoms. The summed E-state index contributed by atoms with van der Waals surface area (Å²) in [6.07, 6.45) is 0.684. The normalized spacial score (nSPS) is 13.1. The zero-order valence-corrected chi connectivity index (χ0v) is 12.7. The maximum absolute atomic E-state index is 12.0. The van der Waals surface area contributed by atoms with E-state index in [1.807, 2.05) is 37.3 Å². The first-order valence-corrected chi connectivity index (χ1v) is 9.90. The van der Waals surface area contributed by atoms with Crippen LogP contribution in [0, 0.1) is 0 Å². The molecule has 0 aliphatic heterocycles. The lowest BCUT2D eigenvalue weighted by Crippen LogP contribution is -2.52. The number of nitrogens with one attached hydrogen (secondary N) is 1. The zero-order valence-electron chi connectivity index (χ0n) is 11.7. The summed E-state index contributed by atoms with van der Waals surface area (Å²) in [5.74, 6) is -0.149. The number of esters is 1. The van der Waals surface area contributed by atoms with Gasteiger partial charge in [-0.2, -0.15) is 0 Å². The largest absolute Gasteiger partial charge is 0.465 e. The van der Waals surface area contributed by atoms with Crippen LogP contribution in [0.15, 0.2) is 30.3 Å². The van der Waals surface area contributed by atoms with Crippen LogP contribution in [-0.4, -0.2) is 26.9 Å². The van der Waals surface area contributed by atoms with Crippen LogP contribution in [0.25, 0.3) is 0 Å². The summed E-state index contributed by atoms with van der Waals surface area (Å²) in [6.45, 7) is 8.82. The number of hydrogen-bond donors (Lipinski definition) is 1. The van der Waals surface area contributed by atoms with Gasteiger partial charge in [-0.25, -0.2) is 0 Å². The van der Waals surface area contributed by atoms with E-state index in [4.69, 9.17) is 4.74 Å². The Morgan fingerprint density at radius 1 is 1.28 bits per heavy atom. The Morgan fingerprint density at radius 2 is 1.89 bits per heavy atom. The lowest BCUT2D eigenvalue weighted by atomic mass is 10.1. The van der Waals surface area contributed by atoms with Crippen molar-refractivity contribution < 1.29 is 9.53 Å². The van der Waals surface area contributed by atoms with Crippen molar-refractivity contribution in [2.75, 3.05) is 6.61 Å². The summed E-state index contributed by atoms with van der Waals surface area (Å²) in [6, 6.07) is 9.81. The maximum Gasteiger partial charge on any atom is 0.322 e. The predicted octanol–water partition coefficient (Wildman–Crippen LogP) is 2.59. The lowest BCUT2D eigenvalue weighted by molar-refractivity contribution is -0.145. The molecule has 100 valence electrons. The number of ether oxygens (including phenoxy) is 1. The predicted molar refractivity (Wildman–Crippen MR) is 77.0 cm³/mol. The molecule has 0 saturated heterocycles. The standard InChI is InChI=1S/C14H23NO2Si/c1-5-17-14(16)13(15-18(2,3)4)11-12-9-7-6-8-10-12/h6-10,13,15H,5,11H2,1-4H3. The minimum atomic E-state index is -1.52. The Labute approximate surface area is 111 Å². The quantitative estimate of drug-likeness (QED) is 0.634. The van der Waals surface area contributed by atoms with Gasteiger partial charge in [0.05, 0.1) is 6.61 Å². The summed E-state index contributed by atoms with van der Waals surface area (Å²) in [5, 5.41) is 0. The molecule has 1 rings (SSSR count). The Hall–Kier alpha value is -1.13. The summed E-state index contributed by atoms with van der Waals surface area (Å²) in [5.41, 5.74) is 1.15. The first-order chi connectivity index (χ1) is 8.42. The third-order valence-electron chi connectivity index (χ3n) is 2.46. The molecule has 0 amide bonds. The number of hydrogen-bond acceptors (Lipinski definition) is 3. The van der Waals surface area contributed by atoms with E-state index in [9.17, 15) is 4.79 Å². The molecule has 0 aliphatic carbocycles. The SMILES string of the molecule is CCOC(=O)C(Cc1ccccc1)N[Si](C)(C)C. The Bertz CT molecular complexity index is 373. The van der Waals surface area contributed by atoms with Gasteiger partial charge in [0.2, 0.25) is 0 Å². The fraction of sp³-hybridized carbons (Fsp3) is 0.500. The van der Waals surface area contributed by atoms with Crippen molar-refractivity contribution in [1.29, 1.82) is 0 Å². The molecule has 4 heteroatoms. The highest BCUT2D eigenvalue weighted by Crippen LogP contribution is 2.08. The third kappa shape index (κ3) is 5.47. The molecule has 3 nitrogen and oxygen atoms in total. The molecule has 1 aromatic carbocycles. The number of benzene rings is 1. The van der Waals surface area contributed by atoms with E-state index in [1.165, 1.54) is 0 Å². The second kappa shape index (κ2) is 6.71. The van der Waals surface area contributed by atoms with E-state index in [1.54, 1.807) is 0 Å². The van der Waals surface area contributed by atoms with Crippen molar-refractivity contribution in [3.63, 3.8) is 0 Å². The van der Waals surface area contributed by atoms with Crippen molar-refractivity contribution in [1.82, 2.24) is 4.98 Å². The minimum Gasteiger partial charge on any atom is -0.465 e. The van der Waals surface area contributed by atoms with Crippen LogP contribution in [0.3, 0.4) is 0 Å². The molecule has 1 N–H and O–H groups in total. The van der Waals surface area contributed by atoms with Gasteiger partial charge in [0, 0.05) is 0 Å². The highest BCUT2D eigenvalue weighted by Gasteiger charge is 2.26. The molecule has 0 aliphatic rings. The highest BCUT2D eigenvalue weighted by molar-refractivity contribution is 6.73. The van der Waals surface area contributed by atoms with E-state index < -0.39 is 8.24 Å². The van der Waals surface area contributed by atoms with Crippen molar-refractivity contribution in [2.45, 2.75) is 39.0 Å². The van der Waals surface area contributed by atoms with Crippen LogP contribution < -0.4 is 4.98 Å². The molecule has 1 aromatic rings. The number of rotatable bonds is 6. The van der Waals surface area contributed by atoms with Gasteiger partial charge in [0.15, 0.2) is 0 Å². The molecular formula is C14H23NO2Si. The van der Waals surface area contributed by atoms with Gasteiger partial charge in [-0.15, -0.1) is 0 Å². The van der Waals surface area contributed by atoms with Crippen molar-refractivity contribution in [3.8, 4) is 0 Å². The van der Waals surface area contributed by atoms with Crippen LogP contribution in [0.5, 0.6) is 0 Å². The highest BCUT2D eigenvalue weighted by atomic mass is 28.3. The molecule has 1 unspecified atom stereocenters. The Balaban J connectivity index is 2.74.